The molecule has 1 fully saturated rings. The topological polar surface area (TPSA) is 66.0 Å². The molecule has 1 atom stereocenters. The summed E-state index contributed by atoms with van der Waals surface area (Å²) in [6.07, 6.45) is 1.73. The van der Waals surface area contributed by atoms with E-state index in [2.05, 4.69) is 10.2 Å². The lowest BCUT2D eigenvalue weighted by Gasteiger charge is -2.11. The molecule has 2 heterocycles. The van der Waals surface area contributed by atoms with Crippen LogP contribution in [0.3, 0.4) is 0 Å². The molecule has 1 aliphatic heterocycles. The third kappa shape index (κ3) is 4.44. The van der Waals surface area contributed by atoms with E-state index in [4.69, 9.17) is 10.5 Å². The summed E-state index contributed by atoms with van der Waals surface area (Å²) < 4.78 is 20.5. The zero-order valence-electron chi connectivity index (χ0n) is 12.7. The van der Waals surface area contributed by atoms with Gasteiger partial charge in [0.2, 0.25) is 0 Å². The molecule has 1 aromatic heterocycles. The van der Waals surface area contributed by atoms with Crippen LogP contribution in [0.25, 0.3) is 5.69 Å². The van der Waals surface area contributed by atoms with Crippen LogP contribution in [0.1, 0.15) is 12.2 Å². The molecular weight excluding hydrogens is 339 g/mol. The highest BCUT2D eigenvalue weighted by Gasteiger charge is 2.19. The van der Waals surface area contributed by atoms with Gasteiger partial charge in [-0.05, 0) is 43.1 Å². The maximum absolute atomic E-state index is 13.2. The molecule has 1 aliphatic rings. The van der Waals surface area contributed by atoms with Gasteiger partial charge in [-0.2, -0.15) is 0 Å². The number of ether oxygens (including phenoxy) is 1. The van der Waals surface area contributed by atoms with Crippen LogP contribution >= 0.6 is 24.2 Å². The summed E-state index contributed by atoms with van der Waals surface area (Å²) in [4.78, 5) is 0. The molecule has 3 rings (SSSR count). The molecule has 0 amide bonds. The van der Waals surface area contributed by atoms with E-state index >= 15 is 0 Å². The van der Waals surface area contributed by atoms with Crippen LogP contribution in [0.4, 0.5) is 4.39 Å². The van der Waals surface area contributed by atoms with Gasteiger partial charge in [-0.3, -0.25) is 4.57 Å². The van der Waals surface area contributed by atoms with E-state index in [0.717, 1.165) is 42.1 Å². The molecule has 1 aromatic carbocycles. The highest BCUT2D eigenvalue weighted by molar-refractivity contribution is 7.99. The van der Waals surface area contributed by atoms with Gasteiger partial charge in [0.15, 0.2) is 5.16 Å². The minimum Gasteiger partial charge on any atom is -0.381 e. The fourth-order valence-electron chi connectivity index (χ4n) is 2.44. The molecule has 126 valence electrons. The van der Waals surface area contributed by atoms with Gasteiger partial charge in [0.25, 0.3) is 0 Å². The number of thioether (sulfide) groups is 1. The molecule has 0 radical (unpaired) electrons. The van der Waals surface area contributed by atoms with Crippen LogP contribution in [-0.2, 0) is 11.2 Å². The second-order valence-corrected chi connectivity index (χ2v) is 6.28. The van der Waals surface area contributed by atoms with Crippen molar-refractivity contribution in [3.05, 3.63) is 35.9 Å². The van der Waals surface area contributed by atoms with Crippen LogP contribution in [0, 0.1) is 11.7 Å². The van der Waals surface area contributed by atoms with Crippen molar-refractivity contribution in [2.45, 2.75) is 18.0 Å². The minimum atomic E-state index is -0.255. The lowest BCUT2D eigenvalue weighted by atomic mass is 10.2. The number of nitrogens with two attached hydrogens (primary N) is 1. The number of hydrogen-bond donors (Lipinski definition) is 1. The Hall–Kier alpha value is -1.15. The summed E-state index contributed by atoms with van der Waals surface area (Å²) in [5.74, 6) is 2.05. The van der Waals surface area contributed by atoms with Crippen molar-refractivity contribution in [3.8, 4) is 5.69 Å². The van der Waals surface area contributed by atoms with E-state index in [1.807, 2.05) is 4.57 Å². The van der Waals surface area contributed by atoms with Gasteiger partial charge in [-0.15, -0.1) is 22.6 Å². The number of rotatable bonds is 6. The van der Waals surface area contributed by atoms with Crippen molar-refractivity contribution in [2.24, 2.45) is 11.7 Å². The average Bonchev–Trinajstić information content (AvgIpc) is 3.16. The zero-order valence-corrected chi connectivity index (χ0v) is 14.3. The number of nitrogens with zero attached hydrogens (tertiary/aromatic N) is 3. The van der Waals surface area contributed by atoms with Crippen molar-refractivity contribution < 1.29 is 9.13 Å². The Balaban J connectivity index is 0.00000192. The molecule has 1 unspecified atom stereocenters. The number of hydrogen-bond acceptors (Lipinski definition) is 5. The second-order valence-electron chi connectivity index (χ2n) is 5.29. The van der Waals surface area contributed by atoms with Crippen molar-refractivity contribution in [1.82, 2.24) is 14.8 Å². The maximum atomic E-state index is 13.2. The molecule has 8 heteroatoms. The third-order valence-corrected chi connectivity index (χ3v) is 4.79. The van der Waals surface area contributed by atoms with E-state index in [9.17, 15) is 4.39 Å². The Morgan fingerprint density at radius 1 is 1.30 bits per heavy atom. The fraction of sp³-hybridized carbons (Fsp3) is 0.467. The first-order valence-corrected chi connectivity index (χ1v) is 8.37. The SMILES string of the molecule is Cl.NCCc1nnc(SCC2CCOC2)n1-c1ccc(F)cc1. The number of aromatic nitrogens is 3. The maximum Gasteiger partial charge on any atom is 0.195 e. The predicted octanol–water partition coefficient (Wildman–Crippen LogP) is 2.46. The quantitative estimate of drug-likeness (QED) is 0.803. The van der Waals surface area contributed by atoms with E-state index in [1.165, 1.54) is 12.1 Å². The highest BCUT2D eigenvalue weighted by atomic mass is 35.5. The summed E-state index contributed by atoms with van der Waals surface area (Å²) in [6, 6.07) is 6.37. The van der Waals surface area contributed by atoms with Gasteiger partial charge >= 0.3 is 0 Å². The van der Waals surface area contributed by atoms with Gasteiger partial charge < -0.3 is 10.5 Å². The first-order chi connectivity index (χ1) is 10.8. The van der Waals surface area contributed by atoms with Gasteiger partial charge in [0, 0.05) is 24.5 Å². The Labute approximate surface area is 145 Å². The zero-order chi connectivity index (χ0) is 15.4. The monoisotopic (exact) mass is 358 g/mol. The highest BCUT2D eigenvalue weighted by Crippen LogP contribution is 2.26. The van der Waals surface area contributed by atoms with Gasteiger partial charge in [0.1, 0.15) is 11.6 Å². The molecule has 23 heavy (non-hydrogen) atoms. The Morgan fingerprint density at radius 3 is 2.74 bits per heavy atom. The smallest absolute Gasteiger partial charge is 0.195 e. The average molecular weight is 359 g/mol. The summed E-state index contributed by atoms with van der Waals surface area (Å²) in [5.41, 5.74) is 6.51. The van der Waals surface area contributed by atoms with Crippen LogP contribution in [0.2, 0.25) is 0 Å². The van der Waals surface area contributed by atoms with Crippen molar-refractivity contribution in [3.63, 3.8) is 0 Å². The first-order valence-electron chi connectivity index (χ1n) is 7.39. The van der Waals surface area contributed by atoms with Crippen molar-refractivity contribution in [1.29, 1.82) is 0 Å². The molecular formula is C15H20ClFN4OS. The Kier molecular flexibility index (Phi) is 6.83. The van der Waals surface area contributed by atoms with Gasteiger partial charge in [-0.25, -0.2) is 4.39 Å². The van der Waals surface area contributed by atoms with Crippen LogP contribution in [0.5, 0.6) is 0 Å². The molecule has 2 N–H and O–H groups in total. The molecule has 0 saturated carbocycles. The normalized spacial score (nSPS) is 17.2. The lowest BCUT2D eigenvalue weighted by molar-refractivity contribution is 0.189. The molecule has 0 bridgehead atoms. The summed E-state index contributed by atoms with van der Waals surface area (Å²) in [6.45, 7) is 2.15. The molecule has 5 nitrogen and oxygen atoms in total. The molecule has 1 saturated heterocycles. The molecule has 0 spiro atoms. The molecule has 0 aliphatic carbocycles. The van der Waals surface area contributed by atoms with Gasteiger partial charge in [-0.1, -0.05) is 11.8 Å². The minimum absolute atomic E-state index is 0. The van der Waals surface area contributed by atoms with Gasteiger partial charge in [0.05, 0.1) is 6.61 Å². The largest absolute Gasteiger partial charge is 0.381 e. The van der Waals surface area contributed by atoms with Crippen LogP contribution in [0.15, 0.2) is 29.4 Å². The molecule has 2 aromatic rings. The van der Waals surface area contributed by atoms with E-state index in [0.29, 0.717) is 18.9 Å². The van der Waals surface area contributed by atoms with E-state index < -0.39 is 0 Å². The van der Waals surface area contributed by atoms with Crippen LogP contribution in [-0.4, -0.2) is 40.3 Å². The Bertz CT molecular complexity index is 616. The second kappa shape index (κ2) is 8.63. The van der Waals surface area contributed by atoms with Crippen molar-refractivity contribution in [2.75, 3.05) is 25.5 Å². The van der Waals surface area contributed by atoms with Crippen LogP contribution < -0.4 is 5.73 Å². The lowest BCUT2D eigenvalue weighted by Crippen LogP contribution is -2.10. The number of benzene rings is 1. The first kappa shape index (κ1) is 18.2. The Morgan fingerprint density at radius 2 is 2.09 bits per heavy atom. The number of halogens is 2. The standard InChI is InChI=1S/C15H19FN4OS.ClH/c16-12-1-3-13(4-2-12)20-14(5-7-17)18-19-15(20)22-10-11-6-8-21-9-11;/h1-4,11H,5-10,17H2;1H. The van der Waals surface area contributed by atoms with Crippen molar-refractivity contribution >= 4 is 24.2 Å². The van der Waals surface area contributed by atoms with E-state index in [-0.39, 0.29) is 18.2 Å². The summed E-state index contributed by atoms with van der Waals surface area (Å²) in [7, 11) is 0. The third-order valence-electron chi connectivity index (χ3n) is 3.63. The predicted molar refractivity (Wildman–Crippen MR) is 91.0 cm³/mol. The fourth-order valence-corrected chi connectivity index (χ4v) is 3.53. The summed E-state index contributed by atoms with van der Waals surface area (Å²) in [5, 5.41) is 9.34. The van der Waals surface area contributed by atoms with E-state index in [1.54, 1.807) is 23.9 Å². The summed E-state index contributed by atoms with van der Waals surface area (Å²) >= 11 is 1.66.